The number of esters is 3. The number of methoxy groups -OCH3 is 1. The zero-order valence-corrected chi connectivity index (χ0v) is 10.6. The molecule has 1 rings (SSSR count). The molecule has 0 aromatic heterocycles. The van der Waals surface area contributed by atoms with Gasteiger partial charge < -0.3 is 19.3 Å². The molecule has 0 aliphatic rings. The maximum Gasteiger partial charge on any atom is 0.349 e. The van der Waals surface area contributed by atoms with Crippen LogP contribution in [0.5, 0.6) is 11.5 Å². The van der Waals surface area contributed by atoms with E-state index >= 15 is 0 Å². The second kappa shape index (κ2) is 7.57. The van der Waals surface area contributed by atoms with Crippen molar-refractivity contribution in [2.45, 2.75) is 0 Å². The first-order valence-electron chi connectivity index (χ1n) is 5.44. The van der Waals surface area contributed by atoms with Gasteiger partial charge in [-0.2, -0.15) is 0 Å². The summed E-state index contributed by atoms with van der Waals surface area (Å²) >= 11 is 0. The lowest BCUT2D eigenvalue weighted by Gasteiger charge is -2.05. The van der Waals surface area contributed by atoms with Crippen molar-refractivity contribution >= 4 is 17.9 Å². The third kappa shape index (κ3) is 5.21. The van der Waals surface area contributed by atoms with Crippen LogP contribution >= 0.6 is 0 Å². The van der Waals surface area contributed by atoms with Crippen LogP contribution in [-0.2, 0) is 23.9 Å². The summed E-state index contributed by atoms with van der Waals surface area (Å²) in [7, 11) is 1.15. The van der Waals surface area contributed by atoms with Crippen LogP contribution < -0.4 is 4.74 Å². The highest BCUT2D eigenvalue weighted by Gasteiger charge is 2.10. The average molecular weight is 280 g/mol. The number of hydrogen-bond donors (Lipinski definition) is 1. The lowest BCUT2D eigenvalue weighted by Crippen LogP contribution is -2.18. The monoisotopic (exact) mass is 280 g/mol. The Labute approximate surface area is 114 Å². The minimum atomic E-state index is -0.898. The Bertz CT molecular complexity index is 533. The van der Waals surface area contributed by atoms with Crippen LogP contribution in [0.4, 0.5) is 0 Å². The molecule has 0 spiro atoms. The maximum absolute atomic E-state index is 11.3. The smallest absolute Gasteiger partial charge is 0.349 e. The van der Waals surface area contributed by atoms with Crippen molar-refractivity contribution in [1.82, 2.24) is 0 Å². The zero-order valence-electron chi connectivity index (χ0n) is 10.6. The molecule has 0 bridgehead atoms. The van der Waals surface area contributed by atoms with E-state index in [1.807, 2.05) is 0 Å². The van der Waals surface area contributed by atoms with E-state index in [0.29, 0.717) is 0 Å². The number of benzene rings is 1. The molecule has 7 nitrogen and oxygen atoms in total. The highest BCUT2D eigenvalue weighted by Crippen LogP contribution is 2.24. The van der Waals surface area contributed by atoms with Crippen LogP contribution in [-0.4, -0.2) is 36.7 Å². The second-order valence-corrected chi connectivity index (χ2v) is 3.41. The Hall–Kier alpha value is -2.83. The van der Waals surface area contributed by atoms with Crippen LogP contribution in [0, 0.1) is 0 Å². The van der Waals surface area contributed by atoms with Crippen molar-refractivity contribution in [3.63, 3.8) is 0 Å². The average Bonchev–Trinajstić information content (AvgIpc) is 2.45. The van der Waals surface area contributed by atoms with Gasteiger partial charge in [0.1, 0.15) is 0 Å². The van der Waals surface area contributed by atoms with Crippen molar-refractivity contribution in [2.24, 2.45) is 0 Å². The van der Waals surface area contributed by atoms with Gasteiger partial charge in [0.25, 0.3) is 0 Å². The summed E-state index contributed by atoms with van der Waals surface area (Å²) in [5, 5.41) is 9.36. The number of hydrogen-bond acceptors (Lipinski definition) is 7. The fourth-order valence-corrected chi connectivity index (χ4v) is 1.08. The standard InChI is InChI=1S/C13H12O7/c1-18-11(15)6-7-12(16)19-8-13(17)20-10-5-3-2-4-9(10)14/h2-7,14H,8H2,1H3/b7-6-. The molecule has 106 valence electrons. The Kier molecular flexibility index (Phi) is 5.76. The van der Waals surface area contributed by atoms with Gasteiger partial charge in [-0.05, 0) is 12.1 Å². The predicted octanol–water partition coefficient (Wildman–Crippen LogP) is 0.570. The van der Waals surface area contributed by atoms with E-state index in [9.17, 15) is 19.5 Å². The van der Waals surface area contributed by atoms with Gasteiger partial charge in [0.05, 0.1) is 7.11 Å². The SMILES string of the molecule is COC(=O)/C=C\C(=O)OCC(=O)Oc1ccccc1O. The molecule has 0 heterocycles. The second-order valence-electron chi connectivity index (χ2n) is 3.41. The minimum Gasteiger partial charge on any atom is -0.504 e. The quantitative estimate of drug-likeness (QED) is 0.478. The van der Waals surface area contributed by atoms with Crippen molar-refractivity contribution < 1.29 is 33.7 Å². The number of rotatable bonds is 5. The summed E-state index contributed by atoms with van der Waals surface area (Å²) in [6, 6.07) is 5.84. The van der Waals surface area contributed by atoms with Gasteiger partial charge in [-0.3, -0.25) is 0 Å². The molecule has 0 aliphatic carbocycles. The summed E-state index contributed by atoms with van der Waals surface area (Å²) in [6.07, 6.45) is 1.68. The van der Waals surface area contributed by atoms with Gasteiger partial charge in [-0.25, -0.2) is 14.4 Å². The summed E-state index contributed by atoms with van der Waals surface area (Å²) in [5.41, 5.74) is 0. The number of ether oxygens (including phenoxy) is 3. The molecule has 0 amide bonds. The molecule has 0 radical (unpaired) electrons. The first-order chi connectivity index (χ1) is 9.52. The number of phenolic OH excluding ortho intramolecular Hbond substituents is 1. The lowest BCUT2D eigenvalue weighted by molar-refractivity contribution is -0.150. The lowest BCUT2D eigenvalue weighted by atomic mass is 10.3. The Balaban J connectivity index is 2.41. The van der Waals surface area contributed by atoms with Gasteiger partial charge in [0, 0.05) is 12.2 Å². The van der Waals surface area contributed by atoms with Crippen molar-refractivity contribution in [3.05, 3.63) is 36.4 Å². The molecule has 1 N–H and O–H groups in total. The molecule has 20 heavy (non-hydrogen) atoms. The molecular weight excluding hydrogens is 268 g/mol. The number of para-hydroxylation sites is 2. The van der Waals surface area contributed by atoms with Crippen LogP contribution in [0.3, 0.4) is 0 Å². The fourth-order valence-electron chi connectivity index (χ4n) is 1.08. The molecular formula is C13H12O7. The van der Waals surface area contributed by atoms with Crippen LogP contribution in [0.15, 0.2) is 36.4 Å². The van der Waals surface area contributed by atoms with E-state index in [2.05, 4.69) is 9.47 Å². The maximum atomic E-state index is 11.3. The molecule has 0 aliphatic heterocycles. The molecule has 1 aromatic rings. The van der Waals surface area contributed by atoms with Crippen molar-refractivity contribution in [2.75, 3.05) is 13.7 Å². The first-order valence-corrected chi connectivity index (χ1v) is 5.44. The number of aromatic hydroxyl groups is 1. The van der Waals surface area contributed by atoms with E-state index in [1.165, 1.54) is 12.1 Å². The normalized spacial score (nSPS) is 10.1. The number of carbonyl (C=O) groups excluding carboxylic acids is 3. The third-order valence-electron chi connectivity index (χ3n) is 1.98. The van der Waals surface area contributed by atoms with Gasteiger partial charge >= 0.3 is 17.9 Å². The van der Waals surface area contributed by atoms with E-state index < -0.39 is 24.5 Å². The van der Waals surface area contributed by atoms with E-state index in [-0.39, 0.29) is 11.5 Å². The van der Waals surface area contributed by atoms with Crippen LogP contribution in [0.1, 0.15) is 0 Å². The molecule has 0 unspecified atom stereocenters. The summed E-state index contributed by atoms with van der Waals surface area (Å²) in [6.45, 7) is -0.654. The van der Waals surface area contributed by atoms with Crippen molar-refractivity contribution in [3.8, 4) is 11.5 Å². The van der Waals surface area contributed by atoms with Gasteiger partial charge in [0.15, 0.2) is 18.1 Å². The molecule has 0 saturated heterocycles. The molecule has 0 atom stereocenters. The largest absolute Gasteiger partial charge is 0.504 e. The highest BCUT2D eigenvalue weighted by atomic mass is 16.6. The van der Waals surface area contributed by atoms with Crippen LogP contribution in [0.2, 0.25) is 0 Å². The summed E-state index contributed by atoms with van der Waals surface area (Å²) in [4.78, 5) is 33.1. The van der Waals surface area contributed by atoms with Gasteiger partial charge in [-0.15, -0.1) is 0 Å². The van der Waals surface area contributed by atoms with Gasteiger partial charge in [-0.1, -0.05) is 12.1 Å². The van der Waals surface area contributed by atoms with E-state index in [1.54, 1.807) is 12.1 Å². The van der Waals surface area contributed by atoms with E-state index in [4.69, 9.17) is 4.74 Å². The number of carbonyl (C=O) groups is 3. The first kappa shape index (κ1) is 15.2. The van der Waals surface area contributed by atoms with Gasteiger partial charge in [0.2, 0.25) is 0 Å². The van der Waals surface area contributed by atoms with E-state index in [0.717, 1.165) is 19.3 Å². The fraction of sp³-hybridized carbons (Fsp3) is 0.154. The summed E-state index contributed by atoms with van der Waals surface area (Å²) in [5.74, 6) is -2.74. The highest BCUT2D eigenvalue weighted by molar-refractivity contribution is 5.92. The Morgan fingerprint density at radius 1 is 1.15 bits per heavy atom. The van der Waals surface area contributed by atoms with Crippen LogP contribution in [0.25, 0.3) is 0 Å². The third-order valence-corrected chi connectivity index (χ3v) is 1.98. The Morgan fingerprint density at radius 3 is 2.45 bits per heavy atom. The predicted molar refractivity (Wildman–Crippen MR) is 65.9 cm³/mol. The zero-order chi connectivity index (χ0) is 15.0. The van der Waals surface area contributed by atoms with Crippen molar-refractivity contribution in [1.29, 1.82) is 0 Å². The topological polar surface area (TPSA) is 99.1 Å². The number of phenols is 1. The molecule has 0 fully saturated rings. The molecule has 7 heteroatoms. The summed E-state index contributed by atoms with van der Waals surface area (Å²) < 4.78 is 13.5. The molecule has 0 saturated carbocycles. The Morgan fingerprint density at radius 2 is 1.80 bits per heavy atom. The minimum absolute atomic E-state index is 0.0429. The molecule has 1 aromatic carbocycles.